The van der Waals surface area contributed by atoms with Crippen LogP contribution in [0.5, 0.6) is 0 Å². The number of pyridine rings is 1. The number of sulfonamides is 1. The van der Waals surface area contributed by atoms with Gasteiger partial charge >= 0.3 is 5.97 Å². The molecule has 1 fully saturated rings. The van der Waals surface area contributed by atoms with E-state index in [-0.39, 0.29) is 43.8 Å². The highest BCUT2D eigenvalue weighted by molar-refractivity contribution is 7.93. The lowest BCUT2D eigenvalue weighted by atomic mass is 10.0. The molecule has 0 radical (unpaired) electrons. The van der Waals surface area contributed by atoms with Crippen molar-refractivity contribution in [2.75, 3.05) is 35.1 Å². The van der Waals surface area contributed by atoms with Gasteiger partial charge in [-0.2, -0.15) is 0 Å². The number of esters is 1. The summed E-state index contributed by atoms with van der Waals surface area (Å²) in [6.07, 6.45) is 2.44. The number of nitrogens with zero attached hydrogens (tertiary/aromatic N) is 2. The molecule has 0 amide bonds. The second kappa shape index (κ2) is 10.8. The van der Waals surface area contributed by atoms with Crippen molar-refractivity contribution < 1.29 is 31.1 Å². The molecule has 0 atom stereocenters. The van der Waals surface area contributed by atoms with Crippen LogP contribution in [0.1, 0.15) is 30.9 Å². The standard InChI is InChI=1S/C26H26F3N3O4S/c1-2-36-24(33)17-37(34,35)31-21-7-5-19(6-8-21)22(27)15-18-14-20-4-3-11-30-25(20)23(16-18)32-12-9-26(28,29)10-13-32/h3-8,11,14-16,31H,2,9-10,12-13,17H2,1H3/b22-15-. The van der Waals surface area contributed by atoms with E-state index in [4.69, 9.17) is 0 Å². The molecule has 1 saturated heterocycles. The van der Waals surface area contributed by atoms with Crippen molar-refractivity contribution in [3.63, 3.8) is 0 Å². The van der Waals surface area contributed by atoms with Crippen molar-refractivity contribution in [3.05, 3.63) is 65.9 Å². The Morgan fingerprint density at radius 2 is 1.86 bits per heavy atom. The van der Waals surface area contributed by atoms with E-state index in [0.29, 0.717) is 16.8 Å². The number of rotatable bonds is 8. The topological polar surface area (TPSA) is 88.6 Å². The zero-order chi connectivity index (χ0) is 26.6. The zero-order valence-corrected chi connectivity index (χ0v) is 20.9. The molecular formula is C26H26F3N3O4S. The predicted octanol–water partition coefficient (Wildman–Crippen LogP) is 5.24. The van der Waals surface area contributed by atoms with Gasteiger partial charge in [-0.3, -0.25) is 14.5 Å². The van der Waals surface area contributed by atoms with Gasteiger partial charge in [0.15, 0.2) is 5.75 Å². The fourth-order valence-electron chi connectivity index (χ4n) is 4.10. The van der Waals surface area contributed by atoms with E-state index < -0.39 is 33.5 Å². The maximum absolute atomic E-state index is 15.2. The molecule has 0 bridgehead atoms. The number of aromatic nitrogens is 1. The Hall–Kier alpha value is -3.60. The number of halogens is 3. The molecule has 3 aromatic rings. The van der Waals surface area contributed by atoms with Gasteiger partial charge in [0, 0.05) is 48.8 Å². The molecule has 1 aliphatic rings. The summed E-state index contributed by atoms with van der Waals surface area (Å²) >= 11 is 0. The van der Waals surface area contributed by atoms with E-state index in [9.17, 15) is 22.0 Å². The second-order valence-electron chi connectivity index (χ2n) is 8.69. The SMILES string of the molecule is CCOC(=O)CS(=O)(=O)Nc1ccc(/C(F)=C/c2cc(N3CCC(F)(F)CC3)c3ncccc3c2)cc1. The number of carbonyl (C=O) groups is 1. The number of alkyl halides is 2. The number of carbonyl (C=O) groups excluding carboxylic acids is 1. The third-order valence-electron chi connectivity index (χ3n) is 5.88. The molecule has 4 rings (SSSR count). The summed E-state index contributed by atoms with van der Waals surface area (Å²) < 4.78 is 73.7. The predicted molar refractivity (Wildman–Crippen MR) is 138 cm³/mol. The quantitative estimate of drug-likeness (QED) is 0.315. The maximum atomic E-state index is 15.2. The van der Waals surface area contributed by atoms with Crippen LogP contribution in [0.3, 0.4) is 0 Å². The number of hydrogen-bond acceptors (Lipinski definition) is 6. The van der Waals surface area contributed by atoms with Gasteiger partial charge in [-0.1, -0.05) is 6.07 Å². The van der Waals surface area contributed by atoms with Crippen LogP contribution >= 0.6 is 0 Å². The average molecular weight is 534 g/mol. The molecule has 1 aromatic heterocycles. The van der Waals surface area contributed by atoms with E-state index in [2.05, 4.69) is 14.4 Å². The second-order valence-corrected chi connectivity index (χ2v) is 10.4. The number of anilines is 2. The Balaban J connectivity index is 1.55. The summed E-state index contributed by atoms with van der Waals surface area (Å²) in [6.45, 7) is 1.98. The van der Waals surface area contributed by atoms with Crippen LogP contribution in [0.2, 0.25) is 0 Å². The van der Waals surface area contributed by atoms with Crippen LogP contribution in [0.4, 0.5) is 24.5 Å². The molecule has 37 heavy (non-hydrogen) atoms. The van der Waals surface area contributed by atoms with Crippen LogP contribution in [-0.4, -0.2) is 50.7 Å². The largest absolute Gasteiger partial charge is 0.465 e. The molecule has 0 unspecified atom stereocenters. The van der Waals surface area contributed by atoms with Crippen LogP contribution in [0.15, 0.2) is 54.7 Å². The van der Waals surface area contributed by atoms with E-state index in [1.807, 2.05) is 11.0 Å². The van der Waals surface area contributed by atoms with Gasteiger partial charge in [-0.05, 0) is 61.0 Å². The van der Waals surface area contributed by atoms with E-state index in [1.165, 1.54) is 30.3 Å². The highest BCUT2D eigenvalue weighted by atomic mass is 32.2. The molecule has 196 valence electrons. The van der Waals surface area contributed by atoms with Gasteiger partial charge < -0.3 is 9.64 Å². The van der Waals surface area contributed by atoms with Crippen molar-refractivity contribution in [1.29, 1.82) is 0 Å². The molecule has 1 N–H and O–H groups in total. The van der Waals surface area contributed by atoms with Crippen LogP contribution in [0.25, 0.3) is 22.8 Å². The number of fused-ring (bicyclic) bond motifs is 1. The Kier molecular flexibility index (Phi) is 7.72. The first kappa shape index (κ1) is 26.5. The fourth-order valence-corrected chi connectivity index (χ4v) is 5.06. The van der Waals surface area contributed by atoms with Gasteiger partial charge in [-0.25, -0.2) is 21.6 Å². The van der Waals surface area contributed by atoms with Gasteiger partial charge in [-0.15, -0.1) is 0 Å². The first-order valence-corrected chi connectivity index (χ1v) is 13.4. The lowest BCUT2D eigenvalue weighted by molar-refractivity contribution is -0.139. The number of piperidine rings is 1. The number of hydrogen-bond donors (Lipinski definition) is 1. The molecule has 0 saturated carbocycles. The van der Waals surface area contributed by atoms with Gasteiger partial charge in [0.05, 0.1) is 17.8 Å². The van der Waals surface area contributed by atoms with Crippen molar-refractivity contribution in [1.82, 2.24) is 4.98 Å². The van der Waals surface area contributed by atoms with Gasteiger partial charge in [0.25, 0.3) is 5.92 Å². The molecule has 1 aliphatic heterocycles. The molecule has 2 aromatic carbocycles. The van der Waals surface area contributed by atoms with Crippen LogP contribution in [-0.2, 0) is 19.6 Å². The van der Waals surface area contributed by atoms with Crippen LogP contribution < -0.4 is 9.62 Å². The highest BCUT2D eigenvalue weighted by Crippen LogP contribution is 2.35. The number of benzene rings is 2. The lowest BCUT2D eigenvalue weighted by Gasteiger charge is -2.34. The molecule has 0 spiro atoms. The van der Waals surface area contributed by atoms with Crippen molar-refractivity contribution >= 4 is 50.2 Å². The maximum Gasteiger partial charge on any atom is 0.323 e. The number of ether oxygens (including phenoxy) is 1. The number of nitrogens with one attached hydrogen (secondary N) is 1. The third kappa shape index (κ3) is 6.79. The average Bonchev–Trinajstić information content (AvgIpc) is 2.83. The first-order valence-electron chi connectivity index (χ1n) is 11.7. The van der Waals surface area contributed by atoms with Crippen molar-refractivity contribution in [2.45, 2.75) is 25.7 Å². The third-order valence-corrected chi connectivity index (χ3v) is 7.05. The molecule has 7 nitrogen and oxygen atoms in total. The smallest absolute Gasteiger partial charge is 0.323 e. The zero-order valence-electron chi connectivity index (χ0n) is 20.1. The normalized spacial score (nSPS) is 16.0. The molecule has 2 heterocycles. The van der Waals surface area contributed by atoms with Crippen molar-refractivity contribution in [3.8, 4) is 0 Å². The Bertz CT molecular complexity index is 1420. The Morgan fingerprint density at radius 3 is 2.54 bits per heavy atom. The van der Waals surface area contributed by atoms with Crippen LogP contribution in [0, 0.1) is 0 Å². The summed E-state index contributed by atoms with van der Waals surface area (Å²) in [6, 6.07) is 12.7. The monoisotopic (exact) mass is 533 g/mol. The van der Waals surface area contributed by atoms with E-state index >= 15 is 4.39 Å². The van der Waals surface area contributed by atoms with Crippen molar-refractivity contribution in [2.24, 2.45) is 0 Å². The van der Waals surface area contributed by atoms with E-state index in [0.717, 1.165) is 5.39 Å². The molecular weight excluding hydrogens is 507 g/mol. The Morgan fingerprint density at radius 1 is 1.16 bits per heavy atom. The minimum atomic E-state index is -3.97. The summed E-state index contributed by atoms with van der Waals surface area (Å²) in [7, 11) is -3.97. The summed E-state index contributed by atoms with van der Waals surface area (Å²) in [4.78, 5) is 17.7. The van der Waals surface area contributed by atoms with Gasteiger partial charge in [0.1, 0.15) is 5.83 Å². The van der Waals surface area contributed by atoms with Gasteiger partial charge in [0.2, 0.25) is 10.0 Å². The highest BCUT2D eigenvalue weighted by Gasteiger charge is 2.34. The summed E-state index contributed by atoms with van der Waals surface area (Å²) in [5, 5.41) is 0.753. The Labute approximate surface area is 213 Å². The lowest BCUT2D eigenvalue weighted by Crippen LogP contribution is -2.39. The van der Waals surface area contributed by atoms with E-state index in [1.54, 1.807) is 31.3 Å². The molecule has 0 aliphatic carbocycles. The first-order chi connectivity index (χ1) is 17.5. The summed E-state index contributed by atoms with van der Waals surface area (Å²) in [5.74, 6) is -4.96. The minimum Gasteiger partial charge on any atom is -0.465 e. The molecule has 11 heteroatoms. The minimum absolute atomic E-state index is 0.0673. The fraction of sp³-hybridized carbons (Fsp3) is 0.308. The summed E-state index contributed by atoms with van der Waals surface area (Å²) in [5.41, 5.74) is 2.23.